The van der Waals surface area contributed by atoms with E-state index in [9.17, 15) is 4.79 Å². The highest BCUT2D eigenvalue weighted by molar-refractivity contribution is 7.98. The smallest absolute Gasteiger partial charge is 0.258 e. The summed E-state index contributed by atoms with van der Waals surface area (Å²) in [7, 11) is 1.99. The van der Waals surface area contributed by atoms with Crippen molar-refractivity contribution in [3.05, 3.63) is 77.6 Å². The maximum atomic E-state index is 13.0. The fraction of sp³-hybridized carbons (Fsp3) is 0.238. The third-order valence-electron chi connectivity index (χ3n) is 4.70. The van der Waals surface area contributed by atoms with Crippen LogP contribution in [0.2, 0.25) is 0 Å². The molecule has 132 valence electrons. The van der Waals surface area contributed by atoms with Crippen LogP contribution in [-0.2, 0) is 19.2 Å². The molecule has 0 bridgehead atoms. The first kappa shape index (κ1) is 16.9. The molecule has 0 spiro atoms. The molecule has 5 heteroatoms. The molecule has 1 aliphatic rings. The summed E-state index contributed by atoms with van der Waals surface area (Å²) in [5, 5.41) is 0.995. The van der Waals surface area contributed by atoms with Gasteiger partial charge in [0, 0.05) is 43.0 Å². The molecular weight excluding hydrogens is 342 g/mol. The highest BCUT2D eigenvalue weighted by Gasteiger charge is 2.23. The Morgan fingerprint density at radius 1 is 1.15 bits per heavy atom. The number of aryl methyl sites for hydroxylation is 2. The van der Waals surface area contributed by atoms with Gasteiger partial charge < -0.3 is 9.47 Å². The van der Waals surface area contributed by atoms with E-state index >= 15 is 0 Å². The molecule has 0 atom stereocenters. The number of nitrogens with zero attached hydrogens (tertiary/aromatic N) is 3. The van der Waals surface area contributed by atoms with E-state index in [1.807, 2.05) is 65.2 Å². The second-order valence-corrected chi connectivity index (χ2v) is 7.44. The Balaban J connectivity index is 1.47. The van der Waals surface area contributed by atoms with E-state index in [0.29, 0.717) is 0 Å². The number of carbonyl (C=O) groups is 1. The summed E-state index contributed by atoms with van der Waals surface area (Å²) < 4.78 is 2.01. The van der Waals surface area contributed by atoms with Crippen LogP contribution in [0, 0.1) is 0 Å². The zero-order valence-corrected chi connectivity index (χ0v) is 15.6. The highest BCUT2D eigenvalue weighted by Crippen LogP contribution is 2.28. The molecule has 0 saturated carbocycles. The Bertz CT molecular complexity index is 917. The minimum absolute atomic E-state index is 0.0838. The van der Waals surface area contributed by atoms with E-state index in [2.05, 4.69) is 11.1 Å². The number of fused-ring (bicyclic) bond motifs is 1. The molecule has 2 aromatic carbocycles. The van der Waals surface area contributed by atoms with E-state index in [4.69, 9.17) is 0 Å². The SMILES string of the molecule is Cn1ccnc1SCc1ccc(C(=O)N2CCCc3ccccc32)cc1. The summed E-state index contributed by atoms with van der Waals surface area (Å²) in [4.78, 5) is 19.2. The van der Waals surface area contributed by atoms with Crippen molar-refractivity contribution in [2.75, 3.05) is 11.4 Å². The summed E-state index contributed by atoms with van der Waals surface area (Å²) in [6, 6.07) is 16.2. The average molecular weight is 363 g/mol. The van der Waals surface area contributed by atoms with Crippen LogP contribution < -0.4 is 4.90 Å². The minimum atomic E-state index is 0.0838. The van der Waals surface area contributed by atoms with Crippen molar-refractivity contribution in [1.82, 2.24) is 9.55 Å². The molecule has 1 aromatic heterocycles. The van der Waals surface area contributed by atoms with Gasteiger partial charge in [-0.3, -0.25) is 4.79 Å². The Labute approximate surface area is 157 Å². The summed E-state index contributed by atoms with van der Waals surface area (Å²) in [6.45, 7) is 0.784. The van der Waals surface area contributed by atoms with Gasteiger partial charge in [0.05, 0.1) is 0 Å². The maximum Gasteiger partial charge on any atom is 0.258 e. The van der Waals surface area contributed by atoms with Crippen molar-refractivity contribution in [3.63, 3.8) is 0 Å². The van der Waals surface area contributed by atoms with Crippen molar-refractivity contribution in [2.24, 2.45) is 7.05 Å². The van der Waals surface area contributed by atoms with E-state index in [1.54, 1.807) is 18.0 Å². The molecule has 26 heavy (non-hydrogen) atoms. The second-order valence-electron chi connectivity index (χ2n) is 6.50. The molecule has 0 fully saturated rings. The Morgan fingerprint density at radius 2 is 1.96 bits per heavy atom. The number of imidazole rings is 1. The van der Waals surface area contributed by atoms with Crippen molar-refractivity contribution < 1.29 is 4.79 Å². The number of aromatic nitrogens is 2. The molecule has 1 aliphatic heterocycles. The van der Waals surface area contributed by atoms with Crippen LogP contribution in [0.5, 0.6) is 0 Å². The van der Waals surface area contributed by atoms with E-state index < -0.39 is 0 Å². The van der Waals surface area contributed by atoms with Gasteiger partial charge in [0.1, 0.15) is 0 Å². The summed E-state index contributed by atoms with van der Waals surface area (Å²) in [5.41, 5.74) is 4.24. The van der Waals surface area contributed by atoms with E-state index in [1.165, 1.54) is 11.1 Å². The zero-order valence-electron chi connectivity index (χ0n) is 14.8. The lowest BCUT2D eigenvalue weighted by molar-refractivity contribution is 0.0985. The quantitative estimate of drug-likeness (QED) is 0.649. The van der Waals surface area contributed by atoms with Crippen LogP contribution in [0.15, 0.2) is 66.1 Å². The van der Waals surface area contributed by atoms with Gasteiger partial charge in [0.2, 0.25) is 0 Å². The first-order valence-electron chi connectivity index (χ1n) is 8.81. The summed E-state index contributed by atoms with van der Waals surface area (Å²) in [5.74, 6) is 0.923. The monoisotopic (exact) mass is 363 g/mol. The van der Waals surface area contributed by atoms with Gasteiger partial charge in [0.25, 0.3) is 5.91 Å². The van der Waals surface area contributed by atoms with Crippen LogP contribution in [0.3, 0.4) is 0 Å². The molecule has 0 N–H and O–H groups in total. The number of hydrogen-bond acceptors (Lipinski definition) is 3. The molecule has 2 heterocycles. The number of hydrogen-bond donors (Lipinski definition) is 0. The maximum absolute atomic E-state index is 13.0. The number of benzene rings is 2. The fourth-order valence-corrected chi connectivity index (χ4v) is 4.17. The fourth-order valence-electron chi connectivity index (χ4n) is 3.28. The van der Waals surface area contributed by atoms with Crippen molar-refractivity contribution in [2.45, 2.75) is 23.8 Å². The van der Waals surface area contributed by atoms with Gasteiger partial charge in [-0.15, -0.1) is 0 Å². The number of para-hydroxylation sites is 1. The molecule has 1 amide bonds. The number of rotatable bonds is 4. The summed E-state index contributed by atoms with van der Waals surface area (Å²) >= 11 is 1.70. The molecule has 0 saturated heterocycles. The molecule has 4 rings (SSSR count). The van der Waals surface area contributed by atoms with E-state index in [-0.39, 0.29) is 5.91 Å². The molecule has 3 aromatic rings. The Hall–Kier alpha value is -2.53. The van der Waals surface area contributed by atoms with Crippen LogP contribution in [0.1, 0.15) is 27.9 Å². The first-order chi connectivity index (χ1) is 12.7. The lowest BCUT2D eigenvalue weighted by Gasteiger charge is -2.29. The normalized spacial score (nSPS) is 13.5. The number of carbonyl (C=O) groups excluding carboxylic acids is 1. The lowest BCUT2D eigenvalue weighted by atomic mass is 10.0. The van der Waals surface area contributed by atoms with Gasteiger partial charge in [-0.05, 0) is 42.2 Å². The third kappa shape index (κ3) is 3.40. The predicted octanol–water partition coefficient (Wildman–Crippen LogP) is 4.31. The van der Waals surface area contributed by atoms with Crippen LogP contribution in [0.4, 0.5) is 5.69 Å². The van der Waals surface area contributed by atoms with Crippen LogP contribution in [-0.4, -0.2) is 22.0 Å². The molecule has 0 unspecified atom stereocenters. The molecular formula is C21H21N3OS. The van der Waals surface area contributed by atoms with Crippen LogP contribution in [0.25, 0.3) is 0 Å². The average Bonchev–Trinajstić information content (AvgIpc) is 3.10. The van der Waals surface area contributed by atoms with Crippen molar-refractivity contribution in [3.8, 4) is 0 Å². The summed E-state index contributed by atoms with van der Waals surface area (Å²) in [6.07, 6.45) is 5.81. The Morgan fingerprint density at radius 3 is 2.73 bits per heavy atom. The minimum Gasteiger partial charge on any atom is -0.329 e. The molecule has 4 nitrogen and oxygen atoms in total. The number of thioether (sulfide) groups is 1. The second kappa shape index (κ2) is 7.38. The van der Waals surface area contributed by atoms with Crippen molar-refractivity contribution >= 4 is 23.4 Å². The van der Waals surface area contributed by atoms with Crippen LogP contribution >= 0.6 is 11.8 Å². The van der Waals surface area contributed by atoms with Crippen molar-refractivity contribution in [1.29, 1.82) is 0 Å². The first-order valence-corrected chi connectivity index (χ1v) is 9.80. The van der Waals surface area contributed by atoms with Gasteiger partial charge in [0.15, 0.2) is 5.16 Å². The van der Waals surface area contributed by atoms with E-state index in [0.717, 1.165) is 41.5 Å². The topological polar surface area (TPSA) is 38.1 Å². The standard InChI is InChI=1S/C21H21N3OS/c1-23-14-12-22-21(23)26-15-16-8-10-18(11-9-16)20(25)24-13-4-6-17-5-2-3-7-19(17)24/h2-3,5,7-12,14H,4,6,13,15H2,1H3. The third-order valence-corrected chi connectivity index (χ3v) is 5.83. The lowest BCUT2D eigenvalue weighted by Crippen LogP contribution is -2.35. The molecule has 0 aliphatic carbocycles. The number of amides is 1. The highest BCUT2D eigenvalue weighted by atomic mass is 32.2. The largest absolute Gasteiger partial charge is 0.329 e. The van der Waals surface area contributed by atoms with Gasteiger partial charge in [-0.2, -0.15) is 0 Å². The van der Waals surface area contributed by atoms with Gasteiger partial charge in [-0.25, -0.2) is 4.98 Å². The molecule has 0 radical (unpaired) electrons. The van der Waals surface area contributed by atoms with Gasteiger partial charge in [-0.1, -0.05) is 42.1 Å². The van der Waals surface area contributed by atoms with Gasteiger partial charge >= 0.3 is 0 Å². The Kier molecular flexibility index (Phi) is 4.80. The number of anilines is 1. The predicted molar refractivity (Wildman–Crippen MR) is 106 cm³/mol. The zero-order chi connectivity index (χ0) is 17.9.